The van der Waals surface area contributed by atoms with Crippen molar-refractivity contribution >= 4 is 53.3 Å². The number of likely N-dealkylation sites (N-methyl/N-ethyl adjacent to an activating group) is 1. The highest BCUT2D eigenvalue weighted by Gasteiger charge is 2.46. The van der Waals surface area contributed by atoms with Gasteiger partial charge in [0.2, 0.25) is 41.4 Å². The number of hydrogen-bond donors (Lipinski definition) is 8. The number of rotatable bonds is 18. The predicted octanol–water partition coefficient (Wildman–Crippen LogP) is 0.621. The Morgan fingerprint density at radius 2 is 1.56 bits per heavy atom. The summed E-state index contributed by atoms with van der Waals surface area (Å²) in [5, 5.41) is 33.9. The van der Waals surface area contributed by atoms with E-state index in [4.69, 9.17) is 10.5 Å². The number of carbonyl (C=O) groups is 9. The maximum Gasteiger partial charge on any atom is 0.329 e. The summed E-state index contributed by atoms with van der Waals surface area (Å²) < 4.78 is 5.83. The number of carbonyl (C=O) groups excluding carboxylic acids is 8. The molecule has 0 unspecified atom stereocenters. The number of aliphatic hydroxyl groups is 1. The summed E-state index contributed by atoms with van der Waals surface area (Å²) in [5.41, 5.74) is 6.41. The van der Waals surface area contributed by atoms with Gasteiger partial charge in [-0.1, -0.05) is 77.8 Å². The zero-order chi connectivity index (χ0) is 49.2. The van der Waals surface area contributed by atoms with Crippen molar-refractivity contribution in [3.63, 3.8) is 0 Å². The first-order valence-corrected chi connectivity index (χ1v) is 23.1. The van der Waals surface area contributed by atoms with E-state index < -0.39 is 120 Å². The van der Waals surface area contributed by atoms with E-state index in [1.807, 2.05) is 20.8 Å². The third-order valence-electron chi connectivity index (χ3n) is 11.8. The Kier molecular flexibility index (Phi) is 22.0. The van der Waals surface area contributed by atoms with Crippen LogP contribution in [0.3, 0.4) is 0 Å². The summed E-state index contributed by atoms with van der Waals surface area (Å²) in [6.07, 6.45) is -1.10. The Labute approximate surface area is 387 Å². The smallest absolute Gasteiger partial charge is 0.329 e. The molecule has 2 aliphatic rings. The van der Waals surface area contributed by atoms with Gasteiger partial charge in [-0.05, 0) is 75.8 Å². The van der Waals surface area contributed by atoms with Crippen LogP contribution in [-0.4, -0.2) is 142 Å². The number of benzene rings is 1. The SMILES string of the molecule is CCCCCC(=O)N[C@@H](CC(=O)O)C(=O)N[C@@H]1C(=O)N[C@@H](CCCCN)C(=O)N[C@H]2CC[C@@H](O)N(C2=O)[C@@H](CC(C)C)C(=O)N(C)[C@@H](Cc2ccccc2)C(=O)N[C@@H](C(C)C)C(=O)O[C@@H]1C. The predicted molar refractivity (Wildman–Crippen MR) is 241 cm³/mol. The molecule has 368 valence electrons. The minimum atomic E-state index is -1.81. The van der Waals surface area contributed by atoms with E-state index in [9.17, 15) is 53.4 Å². The van der Waals surface area contributed by atoms with E-state index >= 15 is 0 Å². The number of aliphatic hydroxyl groups excluding tert-OH is 1. The first kappa shape index (κ1) is 54.7. The van der Waals surface area contributed by atoms with Gasteiger partial charge in [0.05, 0.1) is 6.42 Å². The summed E-state index contributed by atoms with van der Waals surface area (Å²) in [5.74, 6) is -9.04. The van der Waals surface area contributed by atoms with Crippen molar-refractivity contribution in [2.75, 3.05) is 13.6 Å². The summed E-state index contributed by atoms with van der Waals surface area (Å²) >= 11 is 0. The number of ether oxygens (including phenoxy) is 1. The van der Waals surface area contributed by atoms with Crippen LogP contribution in [0.2, 0.25) is 0 Å². The molecular formula is C46H72N8O12. The van der Waals surface area contributed by atoms with E-state index in [0.29, 0.717) is 31.2 Å². The Bertz CT molecular complexity index is 1850. The van der Waals surface area contributed by atoms with Crippen LogP contribution in [0.25, 0.3) is 0 Å². The lowest BCUT2D eigenvalue weighted by Crippen LogP contribution is -2.65. The van der Waals surface area contributed by atoms with Gasteiger partial charge in [-0.2, -0.15) is 0 Å². The average Bonchev–Trinajstić information content (AvgIpc) is 3.25. The standard InChI is InChI=1S/C46H72N8O12/c1-8-9-11-19-35(55)48-32(25-37(57)58)41(60)52-39-28(6)66-46(65)38(27(4)5)51-42(61)33(24-29-16-12-10-13-17-29)53(7)45(64)34(23-26(2)3)54-36(56)21-20-31(44(54)63)50-40(59)30(49-43(39)62)18-14-15-22-47/h10,12-13,16-17,26-28,30-34,36,38-39,56H,8-9,11,14-15,18-25,47H2,1-7H3,(H,48,55)(H,49,62)(H,50,59)(H,51,61)(H,52,60)(H,57,58)/t28-,30+,31+,32+,33+,34+,36-,38+,39+/m1/s1. The van der Waals surface area contributed by atoms with E-state index in [1.165, 1.54) is 18.9 Å². The van der Waals surface area contributed by atoms with Gasteiger partial charge in [0.1, 0.15) is 54.6 Å². The number of piperidine rings is 1. The molecule has 0 spiro atoms. The Balaban J connectivity index is 2.20. The van der Waals surface area contributed by atoms with Crippen LogP contribution in [0.4, 0.5) is 0 Å². The number of carboxylic acid groups (broad SMARTS) is 1. The minimum Gasteiger partial charge on any atom is -0.481 e. The molecule has 2 saturated heterocycles. The number of nitrogens with two attached hydrogens (primary N) is 1. The first-order chi connectivity index (χ1) is 31.2. The number of esters is 1. The second-order valence-corrected chi connectivity index (χ2v) is 18.0. The lowest BCUT2D eigenvalue weighted by atomic mass is 9.94. The maximum atomic E-state index is 14.7. The van der Waals surface area contributed by atoms with Crippen LogP contribution in [0, 0.1) is 11.8 Å². The molecule has 9 N–H and O–H groups in total. The second kappa shape index (κ2) is 26.5. The molecule has 3 rings (SSSR count). The lowest BCUT2D eigenvalue weighted by molar-refractivity contribution is -0.166. The van der Waals surface area contributed by atoms with E-state index in [1.54, 1.807) is 44.2 Å². The highest BCUT2D eigenvalue weighted by molar-refractivity contribution is 5.98. The maximum absolute atomic E-state index is 14.7. The molecular weight excluding hydrogens is 857 g/mol. The number of fused-ring (bicyclic) bond motifs is 2. The number of nitrogens with zero attached hydrogens (tertiary/aromatic N) is 2. The molecule has 2 aliphatic heterocycles. The molecule has 7 amide bonds. The number of aliphatic carboxylic acids is 1. The number of nitrogens with one attached hydrogen (secondary N) is 5. The van der Waals surface area contributed by atoms with Gasteiger partial charge in [-0.25, -0.2) is 4.79 Å². The van der Waals surface area contributed by atoms with Gasteiger partial charge in [0.25, 0.3) is 0 Å². The Morgan fingerprint density at radius 1 is 0.879 bits per heavy atom. The fourth-order valence-corrected chi connectivity index (χ4v) is 8.01. The number of cyclic esters (lactones) is 1. The molecule has 20 heteroatoms. The minimum absolute atomic E-state index is 0.00414. The van der Waals surface area contributed by atoms with Crippen LogP contribution in [0.5, 0.6) is 0 Å². The van der Waals surface area contributed by atoms with Crippen molar-refractivity contribution < 1.29 is 58.1 Å². The molecule has 9 atom stereocenters. The van der Waals surface area contributed by atoms with E-state index in [2.05, 4.69) is 26.6 Å². The monoisotopic (exact) mass is 929 g/mol. The lowest BCUT2D eigenvalue weighted by Gasteiger charge is -2.43. The van der Waals surface area contributed by atoms with Crippen LogP contribution in [0.15, 0.2) is 30.3 Å². The normalized spacial score (nSPS) is 25.4. The molecule has 2 heterocycles. The van der Waals surface area contributed by atoms with Crippen LogP contribution < -0.4 is 32.3 Å². The Morgan fingerprint density at radius 3 is 2.17 bits per heavy atom. The molecule has 2 bridgehead atoms. The van der Waals surface area contributed by atoms with Crippen LogP contribution >= 0.6 is 0 Å². The van der Waals surface area contributed by atoms with Crippen molar-refractivity contribution in [1.82, 2.24) is 36.4 Å². The molecule has 0 radical (unpaired) electrons. The molecule has 20 nitrogen and oxygen atoms in total. The van der Waals surface area contributed by atoms with Crippen LogP contribution in [0.1, 0.15) is 118 Å². The molecule has 1 aromatic carbocycles. The summed E-state index contributed by atoms with van der Waals surface area (Å²) in [4.78, 5) is 127. The molecule has 0 aliphatic carbocycles. The highest BCUT2D eigenvalue weighted by atomic mass is 16.5. The molecule has 0 aromatic heterocycles. The number of amides is 7. The number of carboxylic acids is 1. The Hall–Kier alpha value is -5.63. The largest absolute Gasteiger partial charge is 0.481 e. The molecule has 1 aromatic rings. The third kappa shape index (κ3) is 16.1. The summed E-state index contributed by atoms with van der Waals surface area (Å²) in [6, 6.07) is -1.23. The second-order valence-electron chi connectivity index (χ2n) is 18.0. The van der Waals surface area contributed by atoms with Gasteiger partial charge < -0.3 is 57.1 Å². The highest BCUT2D eigenvalue weighted by Crippen LogP contribution is 2.26. The zero-order valence-corrected chi connectivity index (χ0v) is 39.4. The number of unbranched alkanes of at least 4 members (excludes halogenated alkanes) is 3. The van der Waals surface area contributed by atoms with Gasteiger partial charge >= 0.3 is 11.9 Å². The van der Waals surface area contributed by atoms with E-state index in [0.717, 1.165) is 11.3 Å². The molecule has 2 fully saturated rings. The van der Waals surface area contributed by atoms with Crippen molar-refractivity contribution in [3.05, 3.63) is 35.9 Å². The fourth-order valence-electron chi connectivity index (χ4n) is 8.01. The summed E-state index contributed by atoms with van der Waals surface area (Å²) in [7, 11) is 1.40. The summed E-state index contributed by atoms with van der Waals surface area (Å²) in [6.45, 7) is 10.4. The van der Waals surface area contributed by atoms with E-state index in [-0.39, 0.29) is 51.0 Å². The van der Waals surface area contributed by atoms with Crippen molar-refractivity contribution in [2.45, 2.75) is 173 Å². The first-order valence-electron chi connectivity index (χ1n) is 23.1. The van der Waals surface area contributed by atoms with Gasteiger partial charge in [0.15, 0.2) is 0 Å². The fraction of sp³-hybridized carbons (Fsp3) is 0.674. The van der Waals surface area contributed by atoms with Crippen LogP contribution in [-0.2, 0) is 54.3 Å². The molecule has 0 saturated carbocycles. The van der Waals surface area contributed by atoms with Gasteiger partial charge in [-0.3, -0.25) is 38.4 Å². The van der Waals surface area contributed by atoms with Crippen molar-refractivity contribution in [3.8, 4) is 0 Å². The van der Waals surface area contributed by atoms with Gasteiger partial charge in [-0.15, -0.1) is 0 Å². The van der Waals surface area contributed by atoms with Gasteiger partial charge in [0, 0.05) is 19.9 Å². The average molecular weight is 929 g/mol. The topological polar surface area (TPSA) is 296 Å². The number of hydrogen-bond acceptors (Lipinski definition) is 12. The quantitative estimate of drug-likeness (QED) is 0.0741. The van der Waals surface area contributed by atoms with Crippen molar-refractivity contribution in [1.29, 1.82) is 0 Å². The third-order valence-corrected chi connectivity index (χ3v) is 11.8. The molecule has 66 heavy (non-hydrogen) atoms. The zero-order valence-electron chi connectivity index (χ0n) is 39.4. The van der Waals surface area contributed by atoms with Crippen molar-refractivity contribution in [2.24, 2.45) is 17.6 Å².